The van der Waals surface area contributed by atoms with Gasteiger partial charge in [0.15, 0.2) is 0 Å². The van der Waals surface area contributed by atoms with Crippen LogP contribution in [0.25, 0.3) is 0 Å². The minimum atomic E-state index is 0.288. The Labute approximate surface area is 96.3 Å². The molecule has 1 aliphatic heterocycles. The maximum Gasteiger partial charge on any atom is 0.108 e. The average molecular weight is 224 g/mol. The van der Waals surface area contributed by atoms with E-state index < -0.39 is 0 Å². The van der Waals surface area contributed by atoms with Crippen LogP contribution in [0.3, 0.4) is 0 Å². The molecule has 0 aliphatic carbocycles. The Kier molecular flexibility index (Phi) is 3.96. The molecule has 90 valence electrons. The maximum absolute atomic E-state index is 9.15. The van der Waals surface area contributed by atoms with Crippen LogP contribution in [-0.4, -0.2) is 35.0 Å². The maximum atomic E-state index is 9.15. The van der Waals surface area contributed by atoms with E-state index in [1.165, 1.54) is 5.82 Å². The van der Waals surface area contributed by atoms with Crippen LogP contribution in [0, 0.1) is 5.92 Å². The molecule has 2 rings (SSSR count). The molecule has 1 aromatic rings. The summed E-state index contributed by atoms with van der Waals surface area (Å²) >= 11 is 0. The quantitative estimate of drug-likeness (QED) is 0.759. The van der Waals surface area contributed by atoms with Gasteiger partial charge in [0.1, 0.15) is 5.82 Å². The average Bonchev–Trinajstić information content (AvgIpc) is 2.70. The number of nitrogens with zero attached hydrogens (tertiary/aromatic N) is 2. The van der Waals surface area contributed by atoms with Crippen molar-refractivity contribution in [1.82, 2.24) is 9.55 Å². The lowest BCUT2D eigenvalue weighted by Gasteiger charge is -2.21. The minimum Gasteiger partial charge on any atom is -0.396 e. The molecule has 0 spiro atoms. The predicted octanol–water partition coefficient (Wildman–Crippen LogP) is 1.02. The number of aliphatic hydroxyl groups excluding tert-OH is 1. The van der Waals surface area contributed by atoms with Crippen LogP contribution in [0.2, 0.25) is 0 Å². The number of ether oxygens (including phenoxy) is 1. The van der Waals surface area contributed by atoms with E-state index >= 15 is 0 Å². The number of aliphatic hydroxyl groups is 1. The lowest BCUT2D eigenvalue weighted by molar-refractivity contribution is 0.190. The summed E-state index contributed by atoms with van der Waals surface area (Å²) in [4.78, 5) is 4.62. The number of aromatic nitrogens is 2. The van der Waals surface area contributed by atoms with Crippen molar-refractivity contribution in [3.63, 3.8) is 0 Å². The van der Waals surface area contributed by atoms with Gasteiger partial charge in [-0.05, 0) is 19.3 Å². The van der Waals surface area contributed by atoms with Gasteiger partial charge in [-0.15, -0.1) is 0 Å². The molecule has 0 saturated heterocycles. The Hall–Kier alpha value is -0.870. The Morgan fingerprint density at radius 1 is 1.62 bits per heavy atom. The molecule has 0 aromatic carbocycles. The highest BCUT2D eigenvalue weighted by atomic mass is 16.5. The summed E-state index contributed by atoms with van der Waals surface area (Å²) in [6.07, 6.45) is 6.20. The molecule has 1 N–H and O–H groups in total. The third kappa shape index (κ3) is 2.62. The van der Waals surface area contributed by atoms with Crippen LogP contribution in [0.4, 0.5) is 0 Å². The van der Waals surface area contributed by atoms with E-state index in [1.807, 2.05) is 0 Å². The molecule has 4 heteroatoms. The molecule has 2 heterocycles. The fourth-order valence-corrected chi connectivity index (χ4v) is 2.24. The minimum absolute atomic E-state index is 0.288. The molecule has 0 amide bonds. The summed E-state index contributed by atoms with van der Waals surface area (Å²) in [5.74, 6) is 1.59. The van der Waals surface area contributed by atoms with Crippen LogP contribution >= 0.6 is 0 Å². The van der Waals surface area contributed by atoms with Crippen LogP contribution < -0.4 is 0 Å². The fourth-order valence-electron chi connectivity index (χ4n) is 2.24. The van der Waals surface area contributed by atoms with Crippen molar-refractivity contribution in [2.45, 2.75) is 32.2 Å². The van der Waals surface area contributed by atoms with Gasteiger partial charge < -0.3 is 14.4 Å². The van der Waals surface area contributed by atoms with Crippen molar-refractivity contribution in [2.24, 2.45) is 5.92 Å². The van der Waals surface area contributed by atoms with Gasteiger partial charge in [-0.3, -0.25) is 0 Å². The summed E-state index contributed by atoms with van der Waals surface area (Å²) in [7, 11) is 1.73. The Morgan fingerprint density at radius 2 is 2.50 bits per heavy atom. The molecule has 0 bridgehead atoms. The highest BCUT2D eigenvalue weighted by molar-refractivity contribution is 5.07. The third-order valence-corrected chi connectivity index (χ3v) is 3.18. The molecular weight excluding hydrogens is 204 g/mol. The number of hydrogen-bond donors (Lipinski definition) is 1. The van der Waals surface area contributed by atoms with Crippen LogP contribution in [0.15, 0.2) is 6.20 Å². The molecule has 1 unspecified atom stereocenters. The van der Waals surface area contributed by atoms with Gasteiger partial charge in [0.25, 0.3) is 0 Å². The molecule has 1 aliphatic rings. The topological polar surface area (TPSA) is 47.3 Å². The zero-order valence-electron chi connectivity index (χ0n) is 9.85. The lowest BCUT2D eigenvalue weighted by Crippen LogP contribution is -2.22. The Morgan fingerprint density at radius 3 is 3.25 bits per heavy atom. The van der Waals surface area contributed by atoms with Gasteiger partial charge in [0.2, 0.25) is 0 Å². The molecule has 1 atom stereocenters. The second kappa shape index (κ2) is 5.46. The summed E-state index contributed by atoms with van der Waals surface area (Å²) < 4.78 is 7.23. The summed E-state index contributed by atoms with van der Waals surface area (Å²) in [6.45, 7) is 2.00. The first-order chi connectivity index (χ1) is 7.83. The van der Waals surface area contributed by atoms with Gasteiger partial charge in [-0.25, -0.2) is 4.98 Å². The zero-order valence-corrected chi connectivity index (χ0v) is 9.85. The molecule has 4 nitrogen and oxygen atoms in total. The number of fused-ring (bicyclic) bond motifs is 1. The predicted molar refractivity (Wildman–Crippen MR) is 61.3 cm³/mol. The highest BCUT2D eigenvalue weighted by Gasteiger charge is 2.19. The Bertz CT molecular complexity index is 336. The van der Waals surface area contributed by atoms with Crippen molar-refractivity contribution in [3.05, 3.63) is 17.7 Å². The van der Waals surface area contributed by atoms with Crippen molar-refractivity contribution in [1.29, 1.82) is 0 Å². The highest BCUT2D eigenvalue weighted by Crippen LogP contribution is 2.20. The largest absolute Gasteiger partial charge is 0.396 e. The fraction of sp³-hybridized carbons (Fsp3) is 0.750. The second-order valence-corrected chi connectivity index (χ2v) is 4.48. The normalized spacial score (nSPS) is 19.8. The first kappa shape index (κ1) is 11.6. The van der Waals surface area contributed by atoms with Crippen LogP contribution in [0.1, 0.15) is 24.4 Å². The monoisotopic (exact) mass is 224 g/mol. The number of rotatable bonds is 5. The van der Waals surface area contributed by atoms with Gasteiger partial charge in [0, 0.05) is 45.4 Å². The number of hydrogen-bond acceptors (Lipinski definition) is 3. The van der Waals surface area contributed by atoms with E-state index in [-0.39, 0.29) is 6.61 Å². The van der Waals surface area contributed by atoms with Gasteiger partial charge in [0.05, 0.1) is 5.69 Å². The van der Waals surface area contributed by atoms with Crippen molar-refractivity contribution >= 4 is 0 Å². The van der Waals surface area contributed by atoms with E-state index in [2.05, 4.69) is 15.7 Å². The third-order valence-electron chi connectivity index (χ3n) is 3.18. The molecule has 1 aromatic heterocycles. The standard InChI is InChI=1S/C12H20N2O2/c1-16-6-2-3-11-8-14-7-10(9-15)4-5-12(14)13-11/h8,10,15H,2-7,9H2,1H3. The summed E-state index contributed by atoms with van der Waals surface area (Å²) in [5, 5.41) is 9.15. The first-order valence-electron chi connectivity index (χ1n) is 5.98. The van der Waals surface area contributed by atoms with E-state index in [0.29, 0.717) is 5.92 Å². The van der Waals surface area contributed by atoms with Gasteiger partial charge in [-0.1, -0.05) is 0 Å². The zero-order chi connectivity index (χ0) is 11.4. The van der Waals surface area contributed by atoms with E-state index in [4.69, 9.17) is 9.84 Å². The summed E-state index contributed by atoms with van der Waals surface area (Å²) in [5.41, 5.74) is 1.16. The molecule has 0 fully saturated rings. The number of methoxy groups -OCH3 is 1. The molecule has 0 radical (unpaired) electrons. The smallest absolute Gasteiger partial charge is 0.108 e. The Balaban J connectivity index is 1.95. The summed E-state index contributed by atoms with van der Waals surface area (Å²) in [6, 6.07) is 0. The van der Waals surface area contributed by atoms with Gasteiger partial charge in [-0.2, -0.15) is 0 Å². The number of aryl methyl sites for hydroxylation is 2. The molecule has 16 heavy (non-hydrogen) atoms. The number of imidazole rings is 1. The second-order valence-electron chi connectivity index (χ2n) is 4.48. The SMILES string of the molecule is COCCCc1cn2c(n1)CCC(CO)C2. The first-order valence-corrected chi connectivity index (χ1v) is 5.98. The van der Waals surface area contributed by atoms with Crippen molar-refractivity contribution in [3.8, 4) is 0 Å². The van der Waals surface area contributed by atoms with Crippen molar-refractivity contribution in [2.75, 3.05) is 20.3 Å². The van der Waals surface area contributed by atoms with Crippen molar-refractivity contribution < 1.29 is 9.84 Å². The van der Waals surface area contributed by atoms with Gasteiger partial charge >= 0.3 is 0 Å². The van der Waals surface area contributed by atoms with Crippen LogP contribution in [-0.2, 0) is 24.1 Å². The van der Waals surface area contributed by atoms with E-state index in [9.17, 15) is 0 Å². The lowest BCUT2D eigenvalue weighted by atomic mass is 10.0. The van der Waals surface area contributed by atoms with E-state index in [0.717, 1.165) is 44.5 Å². The van der Waals surface area contributed by atoms with Crippen LogP contribution in [0.5, 0.6) is 0 Å². The molecular formula is C12H20N2O2. The molecule has 0 saturated carbocycles. The van der Waals surface area contributed by atoms with E-state index in [1.54, 1.807) is 7.11 Å².